The Morgan fingerprint density at radius 1 is 1.17 bits per heavy atom. The van der Waals surface area contributed by atoms with Crippen LogP contribution in [0.15, 0.2) is 48.8 Å². The third-order valence-electron chi connectivity index (χ3n) is 6.28. The molecule has 1 heterocycles. The number of carbonyl (C=O) groups is 2. The maximum absolute atomic E-state index is 12.8. The first-order chi connectivity index (χ1) is 16.5. The van der Waals surface area contributed by atoms with Gasteiger partial charge in [0.15, 0.2) is 12.4 Å². The minimum atomic E-state index is -4.56. The maximum atomic E-state index is 12.8. The van der Waals surface area contributed by atoms with Crippen LogP contribution in [0.4, 0.5) is 13.2 Å². The van der Waals surface area contributed by atoms with Crippen molar-refractivity contribution in [3.05, 3.63) is 70.7 Å². The van der Waals surface area contributed by atoms with E-state index < -0.39 is 23.6 Å². The van der Waals surface area contributed by atoms with Gasteiger partial charge in [-0.15, -0.1) is 0 Å². The summed E-state index contributed by atoms with van der Waals surface area (Å²) in [5.74, 6) is -0.832. The van der Waals surface area contributed by atoms with Gasteiger partial charge in [0.2, 0.25) is 5.91 Å². The van der Waals surface area contributed by atoms with Crippen LogP contribution in [0.3, 0.4) is 0 Å². The van der Waals surface area contributed by atoms with Crippen LogP contribution >= 0.6 is 0 Å². The minimum Gasteiger partial charge on any atom is -0.619 e. The second-order valence-corrected chi connectivity index (χ2v) is 9.00. The average molecular weight is 491 g/mol. The average Bonchev–Trinajstić information content (AvgIpc) is 2.82. The number of aromatic nitrogens is 1. The number of benzene rings is 1. The summed E-state index contributed by atoms with van der Waals surface area (Å²) in [5, 5.41) is 25.0. The van der Waals surface area contributed by atoms with E-state index in [1.165, 1.54) is 12.3 Å². The maximum Gasteiger partial charge on any atom is 0.416 e. The summed E-state index contributed by atoms with van der Waals surface area (Å²) in [6.07, 6.45) is 2.31. The molecule has 1 atom stereocenters. The normalized spacial score (nSPS) is 19.0. The number of halogens is 3. The van der Waals surface area contributed by atoms with Gasteiger partial charge in [-0.1, -0.05) is 6.07 Å². The number of hydrogen-bond acceptors (Lipinski definition) is 4. The number of nitrogens with one attached hydrogen (secondary N) is 3. The lowest BCUT2D eigenvalue weighted by Crippen LogP contribution is -2.42. The molecule has 1 saturated carbocycles. The molecule has 1 aromatic heterocycles. The van der Waals surface area contributed by atoms with Crippen molar-refractivity contribution < 1.29 is 27.5 Å². The van der Waals surface area contributed by atoms with Crippen molar-refractivity contribution in [2.45, 2.75) is 57.2 Å². The fourth-order valence-corrected chi connectivity index (χ4v) is 4.46. The second kappa shape index (κ2) is 11.3. The number of pyridine rings is 1. The van der Waals surface area contributed by atoms with E-state index in [1.54, 1.807) is 19.2 Å². The van der Waals surface area contributed by atoms with Gasteiger partial charge in [0.25, 0.3) is 5.91 Å². The Labute approximate surface area is 201 Å². The predicted molar refractivity (Wildman–Crippen MR) is 124 cm³/mol. The zero-order valence-corrected chi connectivity index (χ0v) is 19.4. The van der Waals surface area contributed by atoms with Crippen molar-refractivity contribution in [3.8, 4) is 0 Å². The molecule has 35 heavy (non-hydrogen) atoms. The molecule has 1 aliphatic rings. The molecule has 1 aliphatic carbocycles. The SMILES string of the molecule is C[C@H](CC(=N)C1CCC(c2ccc[n+]([O-])c2)CC1)NC(=O)CNC(=O)c1cccc(C(F)(F)F)c1. The Morgan fingerprint density at radius 3 is 2.54 bits per heavy atom. The van der Waals surface area contributed by atoms with Crippen LogP contribution in [0, 0.1) is 16.5 Å². The highest BCUT2D eigenvalue weighted by Gasteiger charge is 2.31. The number of alkyl halides is 3. The first kappa shape index (κ1) is 26.2. The molecule has 0 aliphatic heterocycles. The van der Waals surface area contributed by atoms with Gasteiger partial charge in [0.1, 0.15) is 0 Å². The fraction of sp³-hybridized carbons (Fsp3) is 0.440. The number of rotatable bonds is 8. The highest BCUT2D eigenvalue weighted by molar-refractivity contribution is 5.96. The number of nitrogens with zero attached hydrogens (tertiary/aromatic N) is 1. The molecular weight excluding hydrogens is 461 g/mol. The standard InChI is InChI=1S/C25H29F3N4O3/c1-16(12-22(29)18-9-7-17(8-10-18)20-5-3-11-32(35)15-20)31-23(33)14-30-24(34)19-4-2-6-21(13-19)25(26,27)28/h2-6,11,13,15-18,29H,7-10,12,14H2,1H3,(H,30,34)(H,31,33)/t16-,17?,18?/m1/s1. The van der Waals surface area contributed by atoms with Gasteiger partial charge >= 0.3 is 6.18 Å². The van der Waals surface area contributed by atoms with E-state index in [-0.39, 0.29) is 24.1 Å². The first-order valence-electron chi connectivity index (χ1n) is 11.5. The molecule has 0 radical (unpaired) electrons. The Hall–Kier alpha value is -3.43. The monoisotopic (exact) mass is 490 g/mol. The van der Waals surface area contributed by atoms with Gasteiger partial charge in [0.05, 0.1) is 12.1 Å². The van der Waals surface area contributed by atoms with Crippen LogP contribution in [0.1, 0.15) is 66.4 Å². The highest BCUT2D eigenvalue weighted by atomic mass is 19.4. The Kier molecular flexibility index (Phi) is 8.48. The Bertz CT molecular complexity index is 1070. The Morgan fingerprint density at radius 2 is 1.89 bits per heavy atom. The van der Waals surface area contributed by atoms with E-state index in [9.17, 15) is 28.0 Å². The van der Waals surface area contributed by atoms with Gasteiger partial charge in [-0.2, -0.15) is 17.9 Å². The smallest absolute Gasteiger partial charge is 0.416 e. The minimum absolute atomic E-state index is 0.120. The summed E-state index contributed by atoms with van der Waals surface area (Å²) < 4.78 is 39.2. The van der Waals surface area contributed by atoms with Crippen LogP contribution in [0.5, 0.6) is 0 Å². The summed E-state index contributed by atoms with van der Waals surface area (Å²) in [6.45, 7) is 1.39. The molecule has 0 saturated heterocycles. The lowest BCUT2D eigenvalue weighted by Gasteiger charge is -2.29. The van der Waals surface area contributed by atoms with E-state index in [0.717, 1.165) is 54.2 Å². The molecule has 0 unspecified atom stereocenters. The van der Waals surface area contributed by atoms with Crippen LogP contribution in [-0.2, 0) is 11.0 Å². The summed E-state index contributed by atoms with van der Waals surface area (Å²) in [4.78, 5) is 24.3. The molecular formula is C25H29F3N4O3. The van der Waals surface area contributed by atoms with E-state index in [0.29, 0.717) is 18.1 Å². The van der Waals surface area contributed by atoms with Crippen LogP contribution in [0.25, 0.3) is 0 Å². The zero-order chi connectivity index (χ0) is 25.6. The third kappa shape index (κ3) is 7.53. The first-order valence-corrected chi connectivity index (χ1v) is 11.5. The fourth-order valence-electron chi connectivity index (χ4n) is 4.46. The van der Waals surface area contributed by atoms with Gasteiger partial charge in [-0.25, -0.2) is 0 Å². The van der Waals surface area contributed by atoms with Crippen molar-refractivity contribution >= 4 is 17.5 Å². The van der Waals surface area contributed by atoms with Crippen molar-refractivity contribution in [3.63, 3.8) is 0 Å². The van der Waals surface area contributed by atoms with Crippen LogP contribution in [0.2, 0.25) is 0 Å². The van der Waals surface area contributed by atoms with Gasteiger partial charge < -0.3 is 21.3 Å². The van der Waals surface area contributed by atoms with Crippen LogP contribution < -0.4 is 15.4 Å². The van der Waals surface area contributed by atoms with Gasteiger partial charge in [-0.05, 0) is 68.7 Å². The molecule has 188 valence electrons. The molecule has 2 aromatic rings. The molecule has 2 amide bonds. The number of carbonyl (C=O) groups excluding carboxylic acids is 2. The van der Waals surface area contributed by atoms with Crippen molar-refractivity contribution in [1.29, 1.82) is 5.41 Å². The quantitative estimate of drug-likeness (QED) is 0.296. The molecule has 10 heteroatoms. The van der Waals surface area contributed by atoms with Crippen molar-refractivity contribution in [2.75, 3.05) is 6.54 Å². The Balaban J connectivity index is 1.41. The second-order valence-electron chi connectivity index (χ2n) is 9.00. The third-order valence-corrected chi connectivity index (χ3v) is 6.28. The number of hydrogen-bond donors (Lipinski definition) is 3. The van der Waals surface area contributed by atoms with Crippen LogP contribution in [-0.4, -0.2) is 30.1 Å². The molecule has 7 nitrogen and oxygen atoms in total. The molecule has 1 aromatic carbocycles. The van der Waals surface area contributed by atoms with Crippen molar-refractivity contribution in [2.24, 2.45) is 5.92 Å². The summed E-state index contributed by atoms with van der Waals surface area (Å²) in [5.41, 5.74) is 0.448. The predicted octanol–water partition coefficient (Wildman–Crippen LogP) is 3.96. The molecule has 0 bridgehead atoms. The molecule has 3 rings (SSSR count). The molecule has 1 fully saturated rings. The van der Waals surface area contributed by atoms with E-state index in [1.807, 2.05) is 6.07 Å². The molecule has 3 N–H and O–H groups in total. The van der Waals surface area contributed by atoms with Crippen molar-refractivity contribution in [1.82, 2.24) is 10.6 Å². The highest BCUT2D eigenvalue weighted by Crippen LogP contribution is 2.36. The lowest BCUT2D eigenvalue weighted by molar-refractivity contribution is -0.606. The lowest BCUT2D eigenvalue weighted by atomic mass is 9.76. The largest absolute Gasteiger partial charge is 0.619 e. The van der Waals surface area contributed by atoms with E-state index >= 15 is 0 Å². The summed E-state index contributed by atoms with van der Waals surface area (Å²) in [7, 11) is 0. The number of amides is 2. The van der Waals surface area contributed by atoms with Gasteiger partial charge in [-0.3, -0.25) is 9.59 Å². The van der Waals surface area contributed by atoms with E-state index in [4.69, 9.17) is 5.41 Å². The van der Waals surface area contributed by atoms with E-state index in [2.05, 4.69) is 10.6 Å². The topological polar surface area (TPSA) is 109 Å². The summed E-state index contributed by atoms with van der Waals surface area (Å²) >= 11 is 0. The summed E-state index contributed by atoms with van der Waals surface area (Å²) in [6, 6.07) is 7.36. The van der Waals surface area contributed by atoms with Gasteiger partial charge in [0, 0.05) is 35.4 Å². The molecule has 0 spiro atoms. The zero-order valence-electron chi connectivity index (χ0n) is 19.4.